The van der Waals surface area contributed by atoms with E-state index < -0.39 is 0 Å². The van der Waals surface area contributed by atoms with Gasteiger partial charge in [-0.15, -0.1) is 0 Å². The van der Waals surface area contributed by atoms with Crippen molar-refractivity contribution in [1.82, 2.24) is 15.6 Å². The molecule has 1 aliphatic rings. The molecule has 0 spiro atoms. The van der Waals surface area contributed by atoms with Crippen LogP contribution in [-0.2, 0) is 6.54 Å². The number of methoxy groups -OCH3 is 1. The molecule has 1 unspecified atom stereocenters. The molecule has 0 radical (unpaired) electrons. The first-order valence-electron chi connectivity index (χ1n) is 9.86. The molecule has 1 fully saturated rings. The van der Waals surface area contributed by atoms with E-state index in [9.17, 15) is 4.79 Å². The number of aryl methyl sites for hydroxylation is 1. The van der Waals surface area contributed by atoms with Gasteiger partial charge >= 0.3 is 6.03 Å². The summed E-state index contributed by atoms with van der Waals surface area (Å²) in [5.74, 6) is 1.38. The van der Waals surface area contributed by atoms with Crippen LogP contribution in [0.5, 0.6) is 11.6 Å². The van der Waals surface area contributed by atoms with Crippen molar-refractivity contribution >= 4 is 6.03 Å². The summed E-state index contributed by atoms with van der Waals surface area (Å²) in [6.07, 6.45) is 6.50. The molecule has 2 amide bonds. The third kappa shape index (κ3) is 5.15. The van der Waals surface area contributed by atoms with Crippen molar-refractivity contribution in [2.24, 2.45) is 0 Å². The Bertz CT molecular complexity index is 803. The Morgan fingerprint density at radius 3 is 2.82 bits per heavy atom. The predicted octanol–water partition coefficient (Wildman–Crippen LogP) is 4.28. The van der Waals surface area contributed by atoms with Crippen LogP contribution >= 0.6 is 0 Å². The molecule has 2 N–H and O–H groups in total. The Balaban J connectivity index is 1.58. The zero-order chi connectivity index (χ0) is 19.9. The average Bonchev–Trinajstić information content (AvgIpc) is 3.20. The maximum absolute atomic E-state index is 12.4. The lowest BCUT2D eigenvalue weighted by Gasteiger charge is -2.19. The molecule has 6 heteroatoms. The van der Waals surface area contributed by atoms with Crippen LogP contribution in [0.2, 0.25) is 0 Å². The summed E-state index contributed by atoms with van der Waals surface area (Å²) >= 11 is 0. The predicted molar refractivity (Wildman–Crippen MR) is 109 cm³/mol. The highest BCUT2D eigenvalue weighted by atomic mass is 16.5. The minimum atomic E-state index is -0.244. The number of rotatable bonds is 7. The van der Waals surface area contributed by atoms with E-state index in [4.69, 9.17) is 9.47 Å². The van der Waals surface area contributed by atoms with Gasteiger partial charge in [-0.25, -0.2) is 9.78 Å². The normalized spacial score (nSPS) is 15.1. The second kappa shape index (κ2) is 9.44. The first kappa shape index (κ1) is 20.0. The number of urea groups is 1. The molecule has 1 aromatic carbocycles. The van der Waals surface area contributed by atoms with E-state index in [0.717, 1.165) is 35.3 Å². The fourth-order valence-electron chi connectivity index (χ4n) is 3.52. The van der Waals surface area contributed by atoms with Gasteiger partial charge in [-0.05, 0) is 51.7 Å². The van der Waals surface area contributed by atoms with Crippen molar-refractivity contribution in [3.8, 4) is 11.6 Å². The molecule has 1 saturated carbocycles. The molecular formula is C22H29N3O3. The molecule has 150 valence electrons. The summed E-state index contributed by atoms with van der Waals surface area (Å²) in [7, 11) is 1.63. The van der Waals surface area contributed by atoms with E-state index in [1.807, 2.05) is 44.2 Å². The molecule has 1 atom stereocenters. The highest BCUT2D eigenvalue weighted by Crippen LogP contribution is 2.26. The van der Waals surface area contributed by atoms with Gasteiger partial charge in [0.2, 0.25) is 5.88 Å². The number of carbonyl (C=O) groups excluding carboxylic acids is 1. The minimum Gasteiger partial charge on any atom is -0.496 e. The molecular weight excluding hydrogens is 354 g/mol. The maximum atomic E-state index is 12.4. The van der Waals surface area contributed by atoms with Gasteiger partial charge in [-0.3, -0.25) is 0 Å². The lowest BCUT2D eigenvalue weighted by molar-refractivity contribution is 0.198. The molecule has 1 heterocycles. The smallest absolute Gasteiger partial charge is 0.315 e. The van der Waals surface area contributed by atoms with Crippen molar-refractivity contribution in [3.63, 3.8) is 0 Å². The van der Waals surface area contributed by atoms with Crippen LogP contribution in [-0.4, -0.2) is 24.2 Å². The van der Waals surface area contributed by atoms with Gasteiger partial charge < -0.3 is 20.1 Å². The molecule has 1 aliphatic carbocycles. The van der Waals surface area contributed by atoms with E-state index in [-0.39, 0.29) is 18.2 Å². The number of hydrogen-bond donors (Lipinski definition) is 2. The zero-order valence-corrected chi connectivity index (χ0v) is 16.8. The van der Waals surface area contributed by atoms with Crippen LogP contribution in [0.25, 0.3) is 0 Å². The number of amides is 2. The fourth-order valence-corrected chi connectivity index (χ4v) is 3.52. The molecule has 0 saturated heterocycles. The molecule has 28 heavy (non-hydrogen) atoms. The van der Waals surface area contributed by atoms with Crippen LogP contribution in [0.4, 0.5) is 4.79 Å². The standard InChI is InChI=1S/C22H29N3O3/c1-15-10-11-20(27-3)19(13-15)16(2)25-22(26)24-14-17-7-6-12-23-21(17)28-18-8-4-5-9-18/h6-7,10-13,16,18H,4-5,8-9,14H2,1-3H3,(H2,24,25,26). The third-order valence-corrected chi connectivity index (χ3v) is 5.07. The van der Waals surface area contributed by atoms with Gasteiger partial charge in [-0.1, -0.05) is 23.8 Å². The molecule has 0 aliphatic heterocycles. The maximum Gasteiger partial charge on any atom is 0.315 e. The first-order valence-corrected chi connectivity index (χ1v) is 9.86. The fraction of sp³-hybridized carbons (Fsp3) is 0.455. The number of nitrogens with zero attached hydrogens (tertiary/aromatic N) is 1. The topological polar surface area (TPSA) is 72.5 Å². The van der Waals surface area contributed by atoms with E-state index in [1.54, 1.807) is 13.3 Å². The number of aromatic nitrogens is 1. The van der Waals surface area contributed by atoms with Crippen LogP contribution in [0.1, 0.15) is 55.3 Å². The van der Waals surface area contributed by atoms with E-state index >= 15 is 0 Å². The Hall–Kier alpha value is -2.76. The SMILES string of the molecule is COc1ccc(C)cc1C(C)NC(=O)NCc1cccnc1OC1CCCC1. The number of ether oxygens (including phenoxy) is 2. The summed E-state index contributed by atoms with van der Waals surface area (Å²) in [4.78, 5) is 16.8. The number of pyridine rings is 1. The number of benzene rings is 1. The van der Waals surface area contributed by atoms with Gasteiger partial charge in [0.1, 0.15) is 11.9 Å². The Labute approximate surface area is 166 Å². The van der Waals surface area contributed by atoms with Crippen molar-refractivity contribution in [1.29, 1.82) is 0 Å². The highest BCUT2D eigenvalue weighted by Gasteiger charge is 2.19. The quantitative estimate of drug-likeness (QED) is 0.748. The zero-order valence-electron chi connectivity index (χ0n) is 16.8. The van der Waals surface area contributed by atoms with E-state index in [1.165, 1.54) is 12.8 Å². The Morgan fingerprint density at radius 2 is 2.07 bits per heavy atom. The molecule has 2 aromatic rings. The van der Waals surface area contributed by atoms with Crippen LogP contribution in [0.3, 0.4) is 0 Å². The number of nitrogens with one attached hydrogen (secondary N) is 2. The van der Waals surface area contributed by atoms with Crippen LogP contribution < -0.4 is 20.1 Å². The number of carbonyl (C=O) groups is 1. The van der Waals surface area contributed by atoms with Crippen molar-refractivity contribution in [3.05, 3.63) is 53.2 Å². The molecule has 0 bridgehead atoms. The Kier molecular flexibility index (Phi) is 6.74. The molecule has 3 rings (SSSR count). The summed E-state index contributed by atoms with van der Waals surface area (Å²) in [5.41, 5.74) is 2.95. The summed E-state index contributed by atoms with van der Waals surface area (Å²) < 4.78 is 11.4. The molecule has 1 aromatic heterocycles. The second-order valence-electron chi connectivity index (χ2n) is 7.29. The lowest BCUT2D eigenvalue weighted by atomic mass is 10.0. The minimum absolute atomic E-state index is 0.182. The van der Waals surface area contributed by atoms with Gasteiger partial charge in [0, 0.05) is 23.9 Å². The largest absolute Gasteiger partial charge is 0.496 e. The number of hydrogen-bond acceptors (Lipinski definition) is 4. The summed E-state index contributed by atoms with van der Waals surface area (Å²) in [5, 5.41) is 5.88. The monoisotopic (exact) mass is 383 g/mol. The van der Waals surface area contributed by atoms with Gasteiger partial charge in [0.05, 0.1) is 13.2 Å². The second-order valence-corrected chi connectivity index (χ2v) is 7.29. The van der Waals surface area contributed by atoms with Crippen LogP contribution in [0.15, 0.2) is 36.5 Å². The first-order chi connectivity index (χ1) is 13.6. The molecule has 6 nitrogen and oxygen atoms in total. The van der Waals surface area contributed by atoms with Crippen LogP contribution in [0, 0.1) is 6.92 Å². The lowest BCUT2D eigenvalue weighted by Crippen LogP contribution is -2.37. The van der Waals surface area contributed by atoms with E-state index in [2.05, 4.69) is 15.6 Å². The van der Waals surface area contributed by atoms with Crippen molar-refractivity contribution in [2.45, 2.75) is 58.2 Å². The van der Waals surface area contributed by atoms with Crippen molar-refractivity contribution in [2.75, 3.05) is 7.11 Å². The summed E-state index contributed by atoms with van der Waals surface area (Å²) in [6, 6.07) is 9.30. The van der Waals surface area contributed by atoms with Gasteiger partial charge in [-0.2, -0.15) is 0 Å². The third-order valence-electron chi connectivity index (χ3n) is 5.07. The average molecular weight is 383 g/mol. The van der Waals surface area contributed by atoms with Gasteiger partial charge in [0.25, 0.3) is 0 Å². The summed E-state index contributed by atoms with van der Waals surface area (Å²) in [6.45, 7) is 4.32. The van der Waals surface area contributed by atoms with E-state index in [0.29, 0.717) is 12.4 Å². The van der Waals surface area contributed by atoms with Crippen molar-refractivity contribution < 1.29 is 14.3 Å². The highest BCUT2D eigenvalue weighted by molar-refractivity contribution is 5.74. The Morgan fingerprint density at radius 1 is 1.29 bits per heavy atom. The van der Waals surface area contributed by atoms with Gasteiger partial charge in [0.15, 0.2) is 0 Å².